The maximum atomic E-state index is 12.6. The Morgan fingerprint density at radius 3 is 3.00 bits per heavy atom. The molecule has 4 rings (SSSR count). The van der Waals surface area contributed by atoms with E-state index in [-0.39, 0.29) is 10.8 Å². The molecule has 4 nitrogen and oxygen atoms in total. The molecular weight excluding hydrogens is 360 g/mol. The Kier molecular flexibility index (Phi) is 4.30. The van der Waals surface area contributed by atoms with E-state index in [0.717, 1.165) is 26.8 Å². The number of hydrogen-bond donors (Lipinski definition) is 1. The Labute approximate surface area is 150 Å². The van der Waals surface area contributed by atoms with Gasteiger partial charge in [-0.15, -0.1) is 34.4 Å². The van der Waals surface area contributed by atoms with E-state index in [1.54, 1.807) is 29.4 Å². The first-order valence-electron chi connectivity index (χ1n) is 7.41. The molecule has 0 spiro atoms. The van der Waals surface area contributed by atoms with E-state index in [9.17, 15) is 4.79 Å². The van der Waals surface area contributed by atoms with Gasteiger partial charge in [0.15, 0.2) is 0 Å². The summed E-state index contributed by atoms with van der Waals surface area (Å²) in [6.07, 6.45) is 1.67. The van der Waals surface area contributed by atoms with Gasteiger partial charge < -0.3 is 9.40 Å². The molecule has 7 heteroatoms. The zero-order valence-electron chi connectivity index (χ0n) is 12.8. The monoisotopic (exact) mass is 374 g/mol. The van der Waals surface area contributed by atoms with Crippen molar-refractivity contribution >= 4 is 44.7 Å². The normalized spacial score (nSPS) is 12.7. The second kappa shape index (κ2) is 6.58. The molecule has 0 fully saturated rings. The zero-order valence-corrected chi connectivity index (χ0v) is 15.3. The Hall–Kier alpha value is -1.83. The fourth-order valence-corrected chi connectivity index (χ4v) is 5.07. The van der Waals surface area contributed by atoms with Crippen molar-refractivity contribution in [2.75, 3.05) is 0 Å². The number of hydrogen-bond acceptors (Lipinski definition) is 6. The first-order valence-corrected chi connectivity index (χ1v) is 10.2. The minimum atomic E-state index is -0.0647. The first-order chi connectivity index (χ1) is 11.7. The van der Waals surface area contributed by atoms with Crippen LogP contribution in [0.4, 0.5) is 0 Å². The van der Waals surface area contributed by atoms with E-state index in [2.05, 4.69) is 9.97 Å². The summed E-state index contributed by atoms with van der Waals surface area (Å²) in [5.41, 5.74) is 0.909. The van der Waals surface area contributed by atoms with Crippen LogP contribution in [-0.4, -0.2) is 9.97 Å². The predicted octanol–water partition coefficient (Wildman–Crippen LogP) is 5.30. The minimum absolute atomic E-state index is 0.0647. The van der Waals surface area contributed by atoms with Crippen LogP contribution < -0.4 is 5.56 Å². The highest BCUT2D eigenvalue weighted by atomic mass is 32.2. The maximum Gasteiger partial charge on any atom is 0.260 e. The van der Waals surface area contributed by atoms with Crippen molar-refractivity contribution in [1.82, 2.24) is 9.97 Å². The molecule has 0 aromatic carbocycles. The van der Waals surface area contributed by atoms with Gasteiger partial charge in [0.05, 0.1) is 22.7 Å². The number of nitrogens with one attached hydrogen (secondary N) is 1. The summed E-state index contributed by atoms with van der Waals surface area (Å²) in [6, 6.07) is 7.85. The van der Waals surface area contributed by atoms with Crippen LogP contribution in [0.1, 0.15) is 23.8 Å². The van der Waals surface area contributed by atoms with Gasteiger partial charge in [0.2, 0.25) is 0 Å². The molecule has 4 heterocycles. The Morgan fingerprint density at radius 2 is 2.25 bits per heavy atom. The number of aromatic nitrogens is 2. The molecule has 0 amide bonds. The molecule has 0 aliphatic rings. The highest BCUT2D eigenvalue weighted by Gasteiger charge is 2.16. The predicted molar refractivity (Wildman–Crippen MR) is 102 cm³/mol. The summed E-state index contributed by atoms with van der Waals surface area (Å²) in [5.74, 6) is 2.39. The van der Waals surface area contributed by atoms with Crippen molar-refractivity contribution in [3.8, 4) is 10.4 Å². The lowest BCUT2D eigenvalue weighted by molar-refractivity contribution is 0.530. The summed E-state index contributed by atoms with van der Waals surface area (Å²) < 4.78 is 5.35. The van der Waals surface area contributed by atoms with Gasteiger partial charge in [-0.05, 0) is 30.5 Å². The largest absolute Gasteiger partial charge is 0.468 e. The molecule has 4 aromatic rings. The van der Waals surface area contributed by atoms with Crippen LogP contribution in [0.3, 0.4) is 0 Å². The molecule has 1 N–H and O–H groups in total. The Balaban J connectivity index is 1.65. The molecular formula is C17H14N2O2S3. The number of thioether (sulfide) groups is 1. The van der Waals surface area contributed by atoms with Gasteiger partial charge in [-0.2, -0.15) is 0 Å². The van der Waals surface area contributed by atoms with Crippen LogP contribution in [0.15, 0.2) is 50.5 Å². The average molecular weight is 375 g/mol. The number of thiophene rings is 2. The van der Waals surface area contributed by atoms with Crippen LogP contribution in [0.2, 0.25) is 0 Å². The summed E-state index contributed by atoms with van der Waals surface area (Å²) in [6.45, 7) is 2.05. The van der Waals surface area contributed by atoms with E-state index >= 15 is 0 Å². The summed E-state index contributed by atoms with van der Waals surface area (Å²) in [4.78, 5) is 22.1. The minimum Gasteiger partial charge on any atom is -0.468 e. The SMILES string of the molecule is CC(SCc1ccco1)c1nc2scc(-c3cccs3)c2c(=O)[nH]1. The second-order valence-corrected chi connectivity index (χ2v) is 8.43. The van der Waals surface area contributed by atoms with Crippen molar-refractivity contribution in [2.24, 2.45) is 0 Å². The number of furan rings is 1. The van der Waals surface area contributed by atoms with E-state index in [4.69, 9.17) is 4.42 Å². The highest BCUT2D eigenvalue weighted by molar-refractivity contribution is 7.98. The molecule has 0 aliphatic heterocycles. The van der Waals surface area contributed by atoms with E-state index in [0.29, 0.717) is 11.2 Å². The van der Waals surface area contributed by atoms with E-state index < -0.39 is 0 Å². The third-order valence-electron chi connectivity index (χ3n) is 3.69. The smallest absolute Gasteiger partial charge is 0.260 e. The van der Waals surface area contributed by atoms with Gasteiger partial charge in [-0.25, -0.2) is 4.98 Å². The van der Waals surface area contributed by atoms with Crippen LogP contribution in [-0.2, 0) is 5.75 Å². The van der Waals surface area contributed by atoms with Crippen LogP contribution in [0, 0.1) is 0 Å². The van der Waals surface area contributed by atoms with Crippen molar-refractivity contribution < 1.29 is 4.42 Å². The number of H-pyrrole nitrogens is 1. The second-order valence-electron chi connectivity index (χ2n) is 5.29. The van der Waals surface area contributed by atoms with E-state index in [1.165, 1.54) is 11.3 Å². The number of aromatic amines is 1. The Bertz CT molecular complexity index is 1000. The van der Waals surface area contributed by atoms with E-state index in [1.807, 2.05) is 41.9 Å². The molecule has 1 atom stereocenters. The number of rotatable bonds is 5. The highest BCUT2D eigenvalue weighted by Crippen LogP contribution is 2.35. The quantitative estimate of drug-likeness (QED) is 0.515. The lowest BCUT2D eigenvalue weighted by atomic mass is 10.2. The lowest BCUT2D eigenvalue weighted by Gasteiger charge is -2.09. The maximum absolute atomic E-state index is 12.6. The lowest BCUT2D eigenvalue weighted by Crippen LogP contribution is -2.12. The fraction of sp³-hybridized carbons (Fsp3) is 0.176. The third kappa shape index (κ3) is 2.94. The molecule has 1 unspecified atom stereocenters. The average Bonchev–Trinajstić information content (AvgIpc) is 3.31. The van der Waals surface area contributed by atoms with Gasteiger partial charge in [-0.1, -0.05) is 6.07 Å². The molecule has 122 valence electrons. The fourth-order valence-electron chi connectivity index (χ4n) is 2.45. The zero-order chi connectivity index (χ0) is 16.5. The number of fused-ring (bicyclic) bond motifs is 1. The van der Waals surface area contributed by atoms with Crippen molar-refractivity contribution in [1.29, 1.82) is 0 Å². The molecule has 0 aliphatic carbocycles. The molecule has 0 saturated heterocycles. The number of nitrogens with zero attached hydrogens (tertiary/aromatic N) is 1. The third-order valence-corrected chi connectivity index (χ3v) is 6.64. The van der Waals surface area contributed by atoms with Crippen molar-refractivity contribution in [2.45, 2.75) is 17.9 Å². The molecule has 0 radical (unpaired) electrons. The van der Waals surface area contributed by atoms with Crippen molar-refractivity contribution in [3.63, 3.8) is 0 Å². The van der Waals surface area contributed by atoms with Crippen LogP contribution in [0.25, 0.3) is 20.7 Å². The van der Waals surface area contributed by atoms with Gasteiger partial charge in [0, 0.05) is 15.8 Å². The molecule has 0 saturated carbocycles. The van der Waals surface area contributed by atoms with Crippen molar-refractivity contribution in [3.05, 3.63) is 63.2 Å². The summed E-state index contributed by atoms with van der Waals surface area (Å²) in [5, 5.41) is 4.81. The van der Waals surface area contributed by atoms with Gasteiger partial charge in [0.1, 0.15) is 16.4 Å². The standard InChI is InChI=1S/C17H14N2O2S3/c1-10(23-8-11-4-2-6-21-11)15-18-16(20)14-12(9-24-17(14)19-15)13-5-3-7-22-13/h2-7,9-10H,8H2,1H3,(H,18,19,20). The van der Waals surface area contributed by atoms with Crippen LogP contribution in [0.5, 0.6) is 0 Å². The van der Waals surface area contributed by atoms with Crippen LogP contribution >= 0.6 is 34.4 Å². The first kappa shape index (κ1) is 15.7. The van der Waals surface area contributed by atoms with Gasteiger partial charge in [-0.3, -0.25) is 4.79 Å². The summed E-state index contributed by atoms with van der Waals surface area (Å²) in [7, 11) is 0. The topological polar surface area (TPSA) is 58.9 Å². The summed E-state index contributed by atoms with van der Waals surface area (Å²) >= 11 is 4.84. The molecule has 24 heavy (non-hydrogen) atoms. The van der Waals surface area contributed by atoms with Gasteiger partial charge >= 0.3 is 0 Å². The molecule has 4 aromatic heterocycles. The van der Waals surface area contributed by atoms with Gasteiger partial charge in [0.25, 0.3) is 5.56 Å². The molecule has 0 bridgehead atoms. The Morgan fingerprint density at radius 1 is 1.33 bits per heavy atom.